The molecule has 0 saturated heterocycles. The van der Waals surface area contributed by atoms with Crippen molar-refractivity contribution in [3.8, 4) is 0 Å². The van der Waals surface area contributed by atoms with E-state index in [0.717, 1.165) is 23.3 Å². The first-order valence-corrected chi connectivity index (χ1v) is 12.8. The van der Waals surface area contributed by atoms with E-state index in [0.29, 0.717) is 12.8 Å². The Morgan fingerprint density at radius 1 is 1.21 bits per heavy atom. The number of aliphatic hydroxyl groups is 1. The molecular weight excluding hydrogens is 440 g/mol. The Hall–Kier alpha value is -2.53. The number of hydrogen-bond donors (Lipinski definition) is 4. The molecule has 10 heteroatoms. The SMILES string of the molecule is CC1(C)C[C@@H](Nc2ncnc3c2ccn3[C@@H]2C[C@@H](CNS(N)(=O)=O)[C@@H](O)C2)c2ccccc21. The zero-order chi connectivity index (χ0) is 23.4. The van der Waals surface area contributed by atoms with Gasteiger partial charge >= 0.3 is 0 Å². The Labute approximate surface area is 193 Å². The molecule has 0 radical (unpaired) electrons. The molecule has 1 fully saturated rings. The molecule has 3 aromatic rings. The van der Waals surface area contributed by atoms with Gasteiger partial charge in [-0.25, -0.2) is 19.8 Å². The minimum Gasteiger partial charge on any atom is -0.393 e. The fourth-order valence-electron chi connectivity index (χ4n) is 5.57. The summed E-state index contributed by atoms with van der Waals surface area (Å²) in [6.45, 7) is 4.66. The van der Waals surface area contributed by atoms with Gasteiger partial charge in [-0.2, -0.15) is 8.42 Å². The Morgan fingerprint density at radius 3 is 2.79 bits per heavy atom. The standard InChI is InChI=1S/C23H30N6O3S/c1-23(2)11-19(16-5-3-4-6-18(16)23)28-21-17-7-8-29(22(17)26-13-25-21)15-9-14(20(30)10-15)12-27-33(24,31)32/h3-8,13-15,19-20,27,30H,9-12H2,1-2H3,(H2,24,31,32)(H,25,26,28)/t14-,15+,19+,20-/m0/s1. The van der Waals surface area contributed by atoms with Gasteiger partial charge in [-0.15, -0.1) is 0 Å². The molecule has 33 heavy (non-hydrogen) atoms. The average molecular weight is 471 g/mol. The lowest BCUT2D eigenvalue weighted by Gasteiger charge is -2.20. The van der Waals surface area contributed by atoms with Gasteiger partial charge in [0.2, 0.25) is 0 Å². The van der Waals surface area contributed by atoms with Gasteiger partial charge in [-0.1, -0.05) is 38.1 Å². The third kappa shape index (κ3) is 4.23. The average Bonchev–Trinajstić information content (AvgIpc) is 3.41. The van der Waals surface area contributed by atoms with Gasteiger partial charge in [0.25, 0.3) is 10.2 Å². The minimum atomic E-state index is -3.78. The molecule has 2 aliphatic carbocycles. The van der Waals surface area contributed by atoms with Crippen molar-refractivity contribution >= 4 is 27.1 Å². The van der Waals surface area contributed by atoms with Crippen LogP contribution in [0.2, 0.25) is 0 Å². The highest BCUT2D eigenvalue weighted by Gasteiger charge is 2.37. The first kappa shape index (κ1) is 22.3. The number of fused-ring (bicyclic) bond motifs is 2. The molecule has 9 nitrogen and oxygen atoms in total. The summed E-state index contributed by atoms with van der Waals surface area (Å²) < 4.78 is 26.8. The van der Waals surface area contributed by atoms with Crippen LogP contribution >= 0.6 is 0 Å². The molecule has 4 atom stereocenters. The summed E-state index contributed by atoms with van der Waals surface area (Å²) in [5, 5.41) is 20.1. The minimum absolute atomic E-state index is 0.0127. The van der Waals surface area contributed by atoms with E-state index < -0.39 is 16.3 Å². The van der Waals surface area contributed by atoms with E-state index in [9.17, 15) is 13.5 Å². The van der Waals surface area contributed by atoms with Crippen molar-refractivity contribution < 1.29 is 13.5 Å². The van der Waals surface area contributed by atoms with E-state index in [1.54, 1.807) is 6.33 Å². The second-order valence-corrected chi connectivity index (χ2v) is 11.3. The van der Waals surface area contributed by atoms with Gasteiger partial charge in [0.15, 0.2) is 0 Å². The molecule has 2 heterocycles. The molecule has 5 rings (SSSR count). The summed E-state index contributed by atoms with van der Waals surface area (Å²) in [5.41, 5.74) is 3.56. The highest BCUT2D eigenvalue weighted by atomic mass is 32.2. The van der Waals surface area contributed by atoms with Crippen molar-refractivity contribution in [3.05, 3.63) is 54.0 Å². The Bertz CT molecular complexity index is 1290. The number of nitrogens with one attached hydrogen (secondary N) is 2. The lowest BCUT2D eigenvalue weighted by Crippen LogP contribution is -2.36. The number of nitrogens with zero attached hydrogens (tertiary/aromatic N) is 3. The van der Waals surface area contributed by atoms with Crippen molar-refractivity contribution in [1.29, 1.82) is 0 Å². The van der Waals surface area contributed by atoms with E-state index in [1.165, 1.54) is 11.1 Å². The number of aromatic nitrogens is 3. The maximum Gasteiger partial charge on any atom is 0.274 e. The van der Waals surface area contributed by atoms with Crippen LogP contribution < -0.4 is 15.2 Å². The second-order valence-electron chi connectivity index (χ2n) is 9.90. The smallest absolute Gasteiger partial charge is 0.274 e. The zero-order valence-corrected chi connectivity index (χ0v) is 19.6. The van der Waals surface area contributed by atoms with Crippen LogP contribution in [0.3, 0.4) is 0 Å². The van der Waals surface area contributed by atoms with Crippen LogP contribution in [0.4, 0.5) is 5.82 Å². The summed E-state index contributed by atoms with van der Waals surface area (Å²) in [6, 6.07) is 10.7. The second kappa shape index (κ2) is 8.05. The predicted molar refractivity (Wildman–Crippen MR) is 127 cm³/mol. The summed E-state index contributed by atoms with van der Waals surface area (Å²) in [4.78, 5) is 9.07. The number of nitrogens with two attached hydrogens (primary N) is 1. The molecule has 0 amide bonds. The topological polar surface area (TPSA) is 135 Å². The number of aliphatic hydroxyl groups excluding tert-OH is 1. The van der Waals surface area contributed by atoms with Crippen LogP contribution in [-0.2, 0) is 15.6 Å². The lowest BCUT2D eigenvalue weighted by atomic mass is 9.86. The Kier molecular flexibility index (Phi) is 5.43. The van der Waals surface area contributed by atoms with Crippen LogP contribution in [0.5, 0.6) is 0 Å². The summed E-state index contributed by atoms with van der Waals surface area (Å²) in [7, 11) is -3.78. The number of benzene rings is 1. The lowest BCUT2D eigenvalue weighted by molar-refractivity contribution is 0.133. The van der Waals surface area contributed by atoms with Crippen LogP contribution in [0, 0.1) is 5.92 Å². The first-order chi connectivity index (χ1) is 15.6. The van der Waals surface area contributed by atoms with E-state index in [4.69, 9.17) is 5.14 Å². The van der Waals surface area contributed by atoms with Crippen molar-refractivity contribution in [1.82, 2.24) is 19.3 Å². The molecule has 5 N–H and O–H groups in total. The largest absolute Gasteiger partial charge is 0.393 e. The van der Waals surface area contributed by atoms with E-state index >= 15 is 0 Å². The van der Waals surface area contributed by atoms with E-state index in [2.05, 4.69) is 62.7 Å². The molecule has 1 aromatic carbocycles. The molecule has 0 spiro atoms. The normalized spacial score (nSPS) is 26.5. The highest BCUT2D eigenvalue weighted by Crippen LogP contribution is 2.46. The third-order valence-corrected chi connectivity index (χ3v) is 7.74. The van der Waals surface area contributed by atoms with Crippen LogP contribution in [0.25, 0.3) is 11.0 Å². The number of anilines is 1. The van der Waals surface area contributed by atoms with Crippen LogP contribution in [-0.4, -0.2) is 40.7 Å². The molecule has 2 aromatic heterocycles. The van der Waals surface area contributed by atoms with Crippen molar-refractivity contribution in [2.24, 2.45) is 11.1 Å². The maximum absolute atomic E-state index is 11.2. The van der Waals surface area contributed by atoms with Gasteiger partial charge in [0.05, 0.1) is 17.5 Å². The highest BCUT2D eigenvalue weighted by molar-refractivity contribution is 7.87. The predicted octanol–water partition coefficient (Wildman–Crippen LogP) is 2.37. The molecule has 0 aliphatic heterocycles. The molecular formula is C23H30N6O3S. The molecule has 1 saturated carbocycles. The molecule has 176 valence electrons. The zero-order valence-electron chi connectivity index (χ0n) is 18.8. The van der Waals surface area contributed by atoms with Crippen molar-refractivity contribution in [3.63, 3.8) is 0 Å². The fourth-order valence-corrected chi connectivity index (χ4v) is 6.01. The van der Waals surface area contributed by atoms with Crippen molar-refractivity contribution in [2.75, 3.05) is 11.9 Å². The van der Waals surface area contributed by atoms with E-state index in [1.807, 2.05) is 12.3 Å². The quantitative estimate of drug-likeness (QED) is 0.437. The number of hydrogen-bond acceptors (Lipinski definition) is 6. The Morgan fingerprint density at radius 2 is 2.00 bits per heavy atom. The molecule has 0 unspecified atom stereocenters. The van der Waals surface area contributed by atoms with Crippen LogP contribution in [0.15, 0.2) is 42.9 Å². The summed E-state index contributed by atoms with van der Waals surface area (Å²) in [6.07, 6.45) is 5.06. The fraction of sp³-hybridized carbons (Fsp3) is 0.478. The maximum atomic E-state index is 11.2. The van der Waals surface area contributed by atoms with Gasteiger partial charge in [0.1, 0.15) is 17.8 Å². The van der Waals surface area contributed by atoms with Gasteiger partial charge in [0, 0.05) is 24.7 Å². The summed E-state index contributed by atoms with van der Waals surface area (Å²) >= 11 is 0. The third-order valence-electron chi connectivity index (χ3n) is 7.17. The molecule has 0 bridgehead atoms. The van der Waals surface area contributed by atoms with E-state index in [-0.39, 0.29) is 30.0 Å². The van der Waals surface area contributed by atoms with Crippen molar-refractivity contribution in [2.45, 2.75) is 56.7 Å². The summed E-state index contributed by atoms with van der Waals surface area (Å²) in [5.74, 6) is 0.588. The monoisotopic (exact) mass is 470 g/mol. The van der Waals surface area contributed by atoms with Gasteiger partial charge in [-0.05, 0) is 41.9 Å². The first-order valence-electron chi connectivity index (χ1n) is 11.3. The van der Waals surface area contributed by atoms with Gasteiger partial charge < -0.3 is 15.0 Å². The molecule has 2 aliphatic rings. The Balaban J connectivity index is 1.39. The number of rotatable bonds is 6. The van der Waals surface area contributed by atoms with Crippen LogP contribution in [0.1, 0.15) is 56.3 Å². The van der Waals surface area contributed by atoms with Gasteiger partial charge in [-0.3, -0.25) is 0 Å².